The Hall–Kier alpha value is -1.51. The van der Waals surface area contributed by atoms with Gasteiger partial charge in [0.1, 0.15) is 0 Å². The van der Waals surface area contributed by atoms with E-state index < -0.39 is 0 Å². The molecule has 152 valence electrons. The van der Waals surface area contributed by atoms with Crippen molar-refractivity contribution in [1.29, 1.82) is 0 Å². The molecule has 0 saturated carbocycles. The van der Waals surface area contributed by atoms with E-state index in [4.69, 9.17) is 0 Å². The van der Waals surface area contributed by atoms with Crippen molar-refractivity contribution in [3.05, 3.63) is 29.8 Å². The molecule has 1 heterocycles. The summed E-state index contributed by atoms with van der Waals surface area (Å²) in [6, 6.07) is 9.07. The minimum absolute atomic E-state index is 0. The van der Waals surface area contributed by atoms with Crippen LogP contribution in [0.15, 0.2) is 29.3 Å². The summed E-state index contributed by atoms with van der Waals surface area (Å²) < 4.78 is 0. The van der Waals surface area contributed by atoms with Crippen molar-refractivity contribution >= 4 is 41.5 Å². The Morgan fingerprint density at radius 1 is 1.26 bits per heavy atom. The summed E-state index contributed by atoms with van der Waals surface area (Å²) in [7, 11) is 0. The molecule has 0 spiro atoms. The van der Waals surface area contributed by atoms with Crippen molar-refractivity contribution in [3.63, 3.8) is 0 Å². The van der Waals surface area contributed by atoms with E-state index in [1.165, 1.54) is 11.3 Å². The normalized spacial score (nSPS) is 16.9. The molecular formula is C20H34IN5O. The van der Waals surface area contributed by atoms with Crippen LogP contribution in [-0.2, 0) is 4.79 Å². The Balaban J connectivity index is 0.00000364. The third-order valence-electron chi connectivity index (χ3n) is 4.48. The molecule has 0 aromatic heterocycles. The molecule has 1 aromatic carbocycles. The SMILES string of the molecule is CCNC(=NCCNC(=O)C(C)C)NC1CCN(c2ccc(C)cc2)C1.I. The Bertz CT molecular complexity index is 603. The number of carbonyl (C=O) groups excluding carboxylic acids is 1. The van der Waals surface area contributed by atoms with Gasteiger partial charge in [0, 0.05) is 43.8 Å². The molecule has 1 amide bonds. The van der Waals surface area contributed by atoms with Gasteiger partial charge < -0.3 is 20.9 Å². The first-order valence-corrected chi connectivity index (χ1v) is 9.63. The van der Waals surface area contributed by atoms with Crippen LogP contribution in [0.2, 0.25) is 0 Å². The number of amides is 1. The quantitative estimate of drug-likeness (QED) is 0.239. The molecular weight excluding hydrogens is 453 g/mol. The number of aryl methyl sites for hydroxylation is 1. The number of halogens is 1. The van der Waals surface area contributed by atoms with Crippen LogP contribution in [0.4, 0.5) is 5.69 Å². The van der Waals surface area contributed by atoms with Crippen molar-refractivity contribution in [2.75, 3.05) is 37.6 Å². The fraction of sp³-hybridized carbons (Fsp3) is 0.600. The summed E-state index contributed by atoms with van der Waals surface area (Å²) in [6.07, 6.45) is 1.09. The molecule has 1 aliphatic heterocycles. The highest BCUT2D eigenvalue weighted by molar-refractivity contribution is 14.0. The smallest absolute Gasteiger partial charge is 0.222 e. The second kappa shape index (κ2) is 12.0. The summed E-state index contributed by atoms with van der Waals surface area (Å²) in [5.74, 6) is 0.904. The Kier molecular flexibility index (Phi) is 10.5. The molecule has 0 aliphatic carbocycles. The molecule has 3 N–H and O–H groups in total. The fourth-order valence-corrected chi connectivity index (χ4v) is 2.93. The molecule has 1 aromatic rings. The van der Waals surface area contributed by atoms with Gasteiger partial charge in [0.25, 0.3) is 0 Å². The van der Waals surface area contributed by atoms with Crippen LogP contribution in [0.3, 0.4) is 0 Å². The molecule has 0 radical (unpaired) electrons. The lowest BCUT2D eigenvalue weighted by Crippen LogP contribution is -2.45. The van der Waals surface area contributed by atoms with E-state index in [9.17, 15) is 4.79 Å². The number of anilines is 1. The summed E-state index contributed by atoms with van der Waals surface area (Å²) in [6.45, 7) is 11.9. The lowest BCUT2D eigenvalue weighted by Gasteiger charge is -2.20. The van der Waals surface area contributed by atoms with E-state index in [0.717, 1.165) is 32.0 Å². The lowest BCUT2D eigenvalue weighted by molar-refractivity contribution is -0.123. The molecule has 1 atom stereocenters. The summed E-state index contributed by atoms with van der Waals surface area (Å²) in [4.78, 5) is 18.6. The van der Waals surface area contributed by atoms with E-state index in [1.54, 1.807) is 0 Å². The van der Waals surface area contributed by atoms with Crippen molar-refractivity contribution in [3.8, 4) is 0 Å². The Morgan fingerprint density at radius 3 is 2.59 bits per heavy atom. The number of hydrogen-bond donors (Lipinski definition) is 3. The molecule has 1 fully saturated rings. The predicted octanol–water partition coefficient (Wildman–Crippen LogP) is 2.52. The summed E-state index contributed by atoms with van der Waals surface area (Å²) >= 11 is 0. The number of guanidine groups is 1. The Morgan fingerprint density at radius 2 is 1.96 bits per heavy atom. The zero-order valence-electron chi connectivity index (χ0n) is 16.9. The topological polar surface area (TPSA) is 68.8 Å². The van der Waals surface area contributed by atoms with Crippen LogP contribution >= 0.6 is 24.0 Å². The number of carbonyl (C=O) groups is 1. The molecule has 1 aliphatic rings. The molecule has 27 heavy (non-hydrogen) atoms. The van der Waals surface area contributed by atoms with Crippen LogP contribution in [0, 0.1) is 12.8 Å². The average Bonchev–Trinajstić information content (AvgIpc) is 3.07. The van der Waals surface area contributed by atoms with Crippen molar-refractivity contribution < 1.29 is 4.79 Å². The van der Waals surface area contributed by atoms with Crippen LogP contribution < -0.4 is 20.9 Å². The average molecular weight is 487 g/mol. The van der Waals surface area contributed by atoms with Gasteiger partial charge in [-0.3, -0.25) is 9.79 Å². The molecule has 1 unspecified atom stereocenters. The third-order valence-corrected chi connectivity index (χ3v) is 4.48. The van der Waals surface area contributed by atoms with E-state index in [1.807, 2.05) is 13.8 Å². The van der Waals surface area contributed by atoms with Gasteiger partial charge >= 0.3 is 0 Å². The van der Waals surface area contributed by atoms with Gasteiger partial charge in [-0.1, -0.05) is 31.5 Å². The lowest BCUT2D eigenvalue weighted by atomic mass is 10.2. The number of benzene rings is 1. The van der Waals surface area contributed by atoms with Crippen molar-refractivity contribution in [2.24, 2.45) is 10.9 Å². The Labute approximate surface area is 180 Å². The number of nitrogens with zero attached hydrogens (tertiary/aromatic N) is 2. The second-order valence-electron chi connectivity index (χ2n) is 7.12. The van der Waals surface area contributed by atoms with Crippen LogP contribution in [0.25, 0.3) is 0 Å². The molecule has 1 saturated heterocycles. The van der Waals surface area contributed by atoms with Crippen molar-refractivity contribution in [2.45, 2.75) is 40.2 Å². The maximum absolute atomic E-state index is 11.6. The second-order valence-corrected chi connectivity index (χ2v) is 7.12. The van der Waals surface area contributed by atoms with Crippen LogP contribution in [-0.4, -0.2) is 50.6 Å². The molecule has 6 nitrogen and oxygen atoms in total. The number of aliphatic imine (C=N–C) groups is 1. The predicted molar refractivity (Wildman–Crippen MR) is 124 cm³/mol. The van der Waals surface area contributed by atoms with Gasteiger partial charge in [-0.25, -0.2) is 0 Å². The molecule has 0 bridgehead atoms. The van der Waals surface area contributed by atoms with E-state index >= 15 is 0 Å². The van der Waals surface area contributed by atoms with Gasteiger partial charge in [0.2, 0.25) is 5.91 Å². The highest BCUT2D eigenvalue weighted by Gasteiger charge is 2.23. The maximum atomic E-state index is 11.6. The minimum Gasteiger partial charge on any atom is -0.369 e. The number of hydrogen-bond acceptors (Lipinski definition) is 3. The molecule has 7 heteroatoms. The van der Waals surface area contributed by atoms with Crippen LogP contribution in [0.5, 0.6) is 0 Å². The number of rotatable bonds is 7. The van der Waals surface area contributed by atoms with Gasteiger partial charge in [0.05, 0.1) is 6.54 Å². The minimum atomic E-state index is 0. The summed E-state index contributed by atoms with van der Waals surface area (Å²) in [5, 5.41) is 9.71. The maximum Gasteiger partial charge on any atom is 0.222 e. The number of nitrogens with one attached hydrogen (secondary N) is 3. The zero-order chi connectivity index (χ0) is 18.9. The summed E-state index contributed by atoms with van der Waals surface area (Å²) in [5.41, 5.74) is 2.56. The first-order chi connectivity index (χ1) is 12.5. The highest BCUT2D eigenvalue weighted by atomic mass is 127. The van der Waals surface area contributed by atoms with Gasteiger partial charge in [0.15, 0.2) is 5.96 Å². The van der Waals surface area contributed by atoms with Crippen LogP contribution in [0.1, 0.15) is 32.8 Å². The monoisotopic (exact) mass is 487 g/mol. The van der Waals surface area contributed by atoms with Crippen molar-refractivity contribution in [1.82, 2.24) is 16.0 Å². The van der Waals surface area contributed by atoms with Gasteiger partial charge in [-0.05, 0) is 32.4 Å². The van der Waals surface area contributed by atoms with Gasteiger partial charge in [-0.15, -0.1) is 24.0 Å². The standard InChI is InChI=1S/C20H33N5O.HI/c1-5-21-20(23-12-11-22-19(26)15(2)3)24-17-10-13-25(14-17)18-8-6-16(4)7-9-18;/h6-9,15,17H,5,10-14H2,1-4H3,(H,22,26)(H2,21,23,24);1H. The highest BCUT2D eigenvalue weighted by Crippen LogP contribution is 2.20. The third kappa shape index (κ3) is 7.94. The van der Waals surface area contributed by atoms with E-state index in [2.05, 4.69) is 64.0 Å². The van der Waals surface area contributed by atoms with Gasteiger partial charge in [-0.2, -0.15) is 0 Å². The zero-order valence-corrected chi connectivity index (χ0v) is 19.2. The first kappa shape index (κ1) is 23.5. The van der Waals surface area contributed by atoms with E-state index in [0.29, 0.717) is 19.1 Å². The first-order valence-electron chi connectivity index (χ1n) is 9.63. The van der Waals surface area contributed by atoms with E-state index in [-0.39, 0.29) is 35.8 Å². The fourth-order valence-electron chi connectivity index (χ4n) is 2.93. The molecule has 2 rings (SSSR count). The largest absolute Gasteiger partial charge is 0.369 e.